The second-order valence-electron chi connectivity index (χ2n) is 3.62. The fraction of sp³-hybridized carbons (Fsp3) is 0.364. The van der Waals surface area contributed by atoms with E-state index in [0.717, 1.165) is 0 Å². The van der Waals surface area contributed by atoms with Crippen molar-refractivity contribution < 1.29 is 17.9 Å². The van der Waals surface area contributed by atoms with E-state index >= 15 is 0 Å². The molecule has 3 nitrogen and oxygen atoms in total. The normalized spacial score (nSPS) is 11.3. The maximum atomic E-state index is 11.9. The Hall–Kier alpha value is -1.43. The van der Waals surface area contributed by atoms with Crippen molar-refractivity contribution >= 4 is 17.4 Å². The molecule has 3 N–H and O–H groups in total. The first-order chi connectivity index (χ1) is 8.29. The zero-order valence-electron chi connectivity index (χ0n) is 9.35. The number of amidine groups is 1. The Morgan fingerprint density at radius 1 is 1.39 bits per heavy atom. The predicted molar refractivity (Wildman–Crippen MR) is 63.3 cm³/mol. The van der Waals surface area contributed by atoms with Gasteiger partial charge in [-0.2, -0.15) is 13.2 Å². The smallest absolute Gasteiger partial charge is 0.389 e. The van der Waals surface area contributed by atoms with Crippen molar-refractivity contribution in [2.75, 3.05) is 6.61 Å². The lowest BCUT2D eigenvalue weighted by Crippen LogP contribution is -2.14. The van der Waals surface area contributed by atoms with Crippen LogP contribution >= 0.6 is 11.6 Å². The van der Waals surface area contributed by atoms with Gasteiger partial charge >= 0.3 is 6.18 Å². The fourth-order valence-corrected chi connectivity index (χ4v) is 1.47. The number of nitrogen functional groups attached to an aromatic ring is 1. The molecule has 0 saturated carbocycles. The third kappa shape index (κ3) is 4.83. The molecular formula is C11H12ClF3N2O. The van der Waals surface area contributed by atoms with Crippen LogP contribution in [0.2, 0.25) is 5.02 Å². The first-order valence-electron chi connectivity index (χ1n) is 5.13. The fourth-order valence-electron chi connectivity index (χ4n) is 1.29. The van der Waals surface area contributed by atoms with Crippen molar-refractivity contribution in [3.05, 3.63) is 28.8 Å². The summed E-state index contributed by atoms with van der Waals surface area (Å²) in [7, 11) is 0. The highest BCUT2D eigenvalue weighted by molar-refractivity contribution is 6.31. The molecule has 0 fully saturated rings. The van der Waals surface area contributed by atoms with E-state index in [1.807, 2.05) is 0 Å². The number of nitrogens with one attached hydrogen (secondary N) is 1. The van der Waals surface area contributed by atoms with Crippen molar-refractivity contribution in [1.29, 1.82) is 5.41 Å². The minimum atomic E-state index is -4.19. The van der Waals surface area contributed by atoms with Crippen LogP contribution in [0.25, 0.3) is 0 Å². The summed E-state index contributed by atoms with van der Waals surface area (Å²) in [6.07, 6.45) is -5.24. The van der Waals surface area contributed by atoms with Gasteiger partial charge in [-0.25, -0.2) is 0 Å². The van der Waals surface area contributed by atoms with Gasteiger partial charge in [0.25, 0.3) is 0 Å². The van der Waals surface area contributed by atoms with Crippen LogP contribution in [-0.4, -0.2) is 18.6 Å². The minimum absolute atomic E-state index is 0.0958. The molecular weight excluding hydrogens is 269 g/mol. The van der Waals surface area contributed by atoms with Crippen LogP contribution in [0.1, 0.15) is 18.4 Å². The van der Waals surface area contributed by atoms with E-state index in [1.165, 1.54) is 18.2 Å². The van der Waals surface area contributed by atoms with Crippen molar-refractivity contribution in [3.8, 4) is 5.75 Å². The van der Waals surface area contributed by atoms with Gasteiger partial charge < -0.3 is 10.5 Å². The highest BCUT2D eigenvalue weighted by Crippen LogP contribution is 2.24. The molecule has 1 aromatic carbocycles. The average Bonchev–Trinajstić information content (AvgIpc) is 2.24. The molecule has 18 heavy (non-hydrogen) atoms. The Balaban J connectivity index is 2.59. The predicted octanol–water partition coefficient (Wildman–Crippen LogP) is 3.35. The van der Waals surface area contributed by atoms with Crippen molar-refractivity contribution in [2.24, 2.45) is 5.73 Å². The first kappa shape index (κ1) is 14.6. The zero-order valence-corrected chi connectivity index (χ0v) is 10.1. The number of hydrogen-bond acceptors (Lipinski definition) is 2. The Morgan fingerprint density at radius 2 is 2.06 bits per heavy atom. The Labute approximate surface area is 107 Å². The Kier molecular flexibility index (Phi) is 4.84. The first-order valence-corrected chi connectivity index (χ1v) is 5.51. The Bertz CT molecular complexity index is 435. The molecule has 0 radical (unpaired) electrons. The quantitative estimate of drug-likeness (QED) is 0.494. The van der Waals surface area contributed by atoms with Crippen LogP contribution < -0.4 is 10.5 Å². The minimum Gasteiger partial charge on any atom is -0.493 e. The lowest BCUT2D eigenvalue weighted by atomic mass is 10.2. The van der Waals surface area contributed by atoms with Crippen LogP contribution in [0.5, 0.6) is 5.75 Å². The van der Waals surface area contributed by atoms with Gasteiger partial charge in [0.2, 0.25) is 0 Å². The number of rotatable bonds is 5. The van der Waals surface area contributed by atoms with Crippen LogP contribution in [0.15, 0.2) is 18.2 Å². The van der Waals surface area contributed by atoms with E-state index < -0.39 is 12.6 Å². The van der Waals surface area contributed by atoms with E-state index in [1.54, 1.807) is 0 Å². The number of hydrogen-bond donors (Lipinski definition) is 2. The summed E-state index contributed by atoms with van der Waals surface area (Å²) in [4.78, 5) is 0. The van der Waals surface area contributed by atoms with E-state index in [-0.39, 0.29) is 30.2 Å². The molecule has 0 atom stereocenters. The molecule has 1 rings (SSSR count). The molecule has 100 valence electrons. The number of ether oxygens (including phenoxy) is 1. The summed E-state index contributed by atoms with van der Waals surface area (Å²) in [6, 6.07) is 4.43. The summed E-state index contributed by atoms with van der Waals surface area (Å²) in [6.45, 7) is -0.0958. The molecule has 0 aliphatic rings. The number of benzene rings is 1. The molecule has 0 amide bonds. The van der Waals surface area contributed by atoms with Crippen LogP contribution in [0.4, 0.5) is 13.2 Å². The van der Waals surface area contributed by atoms with Gasteiger partial charge in [-0.1, -0.05) is 11.6 Å². The third-order valence-corrected chi connectivity index (χ3v) is 2.33. The molecule has 0 aliphatic heterocycles. The van der Waals surface area contributed by atoms with Gasteiger partial charge in [0.15, 0.2) is 0 Å². The van der Waals surface area contributed by atoms with Gasteiger partial charge in [0.05, 0.1) is 12.2 Å². The summed E-state index contributed by atoms with van der Waals surface area (Å²) in [5.41, 5.74) is 5.59. The highest BCUT2D eigenvalue weighted by Gasteiger charge is 2.26. The molecule has 0 unspecified atom stereocenters. The molecule has 0 saturated heterocycles. The van der Waals surface area contributed by atoms with Gasteiger partial charge in [-0.15, -0.1) is 0 Å². The summed E-state index contributed by atoms with van der Waals surface area (Å²) in [5.74, 6) is 0.0115. The maximum Gasteiger partial charge on any atom is 0.389 e. The van der Waals surface area contributed by atoms with Gasteiger partial charge in [-0.3, -0.25) is 5.41 Å². The molecule has 0 aromatic heterocycles. The standard InChI is InChI=1S/C11H12ClF3N2O/c12-7-2-3-9(8(6-7)10(16)17)18-5-1-4-11(13,14)15/h2-3,6H,1,4-5H2,(H3,16,17). The summed E-state index contributed by atoms with van der Waals surface area (Å²) >= 11 is 5.73. The van der Waals surface area contributed by atoms with Gasteiger partial charge in [0.1, 0.15) is 11.6 Å². The number of alkyl halides is 3. The lowest BCUT2D eigenvalue weighted by Gasteiger charge is -2.11. The van der Waals surface area contributed by atoms with Crippen LogP contribution in [0.3, 0.4) is 0 Å². The third-order valence-electron chi connectivity index (χ3n) is 2.09. The van der Waals surface area contributed by atoms with Crippen molar-refractivity contribution in [3.63, 3.8) is 0 Å². The number of halogens is 4. The molecule has 0 heterocycles. The second kappa shape index (κ2) is 5.95. The van der Waals surface area contributed by atoms with Crippen molar-refractivity contribution in [1.82, 2.24) is 0 Å². The molecule has 0 bridgehead atoms. The molecule has 7 heteroatoms. The van der Waals surface area contributed by atoms with Crippen LogP contribution in [-0.2, 0) is 0 Å². The molecule has 0 aliphatic carbocycles. The Morgan fingerprint density at radius 3 is 2.61 bits per heavy atom. The largest absolute Gasteiger partial charge is 0.493 e. The van der Waals surface area contributed by atoms with E-state index in [9.17, 15) is 13.2 Å². The average molecular weight is 281 g/mol. The second-order valence-corrected chi connectivity index (χ2v) is 4.06. The topological polar surface area (TPSA) is 59.1 Å². The van der Waals surface area contributed by atoms with Gasteiger partial charge in [-0.05, 0) is 24.6 Å². The summed E-state index contributed by atoms with van der Waals surface area (Å²) < 4.78 is 40.9. The number of nitrogens with two attached hydrogens (primary N) is 1. The van der Waals surface area contributed by atoms with E-state index in [0.29, 0.717) is 5.02 Å². The molecule has 1 aromatic rings. The van der Waals surface area contributed by atoms with E-state index in [2.05, 4.69) is 0 Å². The van der Waals surface area contributed by atoms with E-state index in [4.69, 9.17) is 27.5 Å². The molecule has 0 spiro atoms. The summed E-state index contributed by atoms with van der Waals surface area (Å²) in [5, 5.41) is 7.69. The highest BCUT2D eigenvalue weighted by atomic mass is 35.5. The van der Waals surface area contributed by atoms with Crippen molar-refractivity contribution in [2.45, 2.75) is 19.0 Å². The van der Waals surface area contributed by atoms with Crippen LogP contribution in [0, 0.1) is 5.41 Å². The SMILES string of the molecule is N=C(N)c1cc(Cl)ccc1OCCCC(F)(F)F. The van der Waals surface area contributed by atoms with Gasteiger partial charge in [0, 0.05) is 11.4 Å². The monoisotopic (exact) mass is 280 g/mol. The zero-order chi connectivity index (χ0) is 13.8. The maximum absolute atomic E-state index is 11.9. The lowest BCUT2D eigenvalue weighted by molar-refractivity contribution is -0.136.